The molecule has 33 heavy (non-hydrogen) atoms. The van der Waals surface area contributed by atoms with Gasteiger partial charge in [-0.2, -0.15) is 0 Å². The third-order valence-corrected chi connectivity index (χ3v) is 6.78. The first-order valence-corrected chi connectivity index (χ1v) is 11.7. The van der Waals surface area contributed by atoms with E-state index in [1.807, 2.05) is 35.0 Å². The van der Waals surface area contributed by atoms with Gasteiger partial charge in [-0.3, -0.25) is 14.4 Å². The SMILES string of the molecule is O=C(Cn1cc(/C=C2\SC(=O)N(c3ccc(Cl)cc3)C2=O)c2ccccc21)N1CCOCC1. The number of fused-ring (bicyclic) bond motifs is 1. The first-order valence-electron chi connectivity index (χ1n) is 10.5. The zero-order valence-electron chi connectivity index (χ0n) is 17.6. The summed E-state index contributed by atoms with van der Waals surface area (Å²) in [5.74, 6) is -0.359. The molecule has 2 saturated heterocycles. The fourth-order valence-corrected chi connectivity index (χ4v) is 4.96. The summed E-state index contributed by atoms with van der Waals surface area (Å²) < 4.78 is 7.22. The normalized spacial score (nSPS) is 18.0. The Morgan fingerprint density at radius 1 is 1.06 bits per heavy atom. The third-order valence-electron chi connectivity index (χ3n) is 5.65. The highest BCUT2D eigenvalue weighted by Gasteiger charge is 2.36. The first kappa shape index (κ1) is 21.8. The average molecular weight is 482 g/mol. The number of imide groups is 1. The van der Waals surface area contributed by atoms with Gasteiger partial charge in [0, 0.05) is 40.8 Å². The lowest BCUT2D eigenvalue weighted by Gasteiger charge is -2.27. The largest absolute Gasteiger partial charge is 0.378 e. The van der Waals surface area contributed by atoms with E-state index in [-0.39, 0.29) is 23.6 Å². The molecule has 2 aliphatic heterocycles. The van der Waals surface area contributed by atoms with Crippen LogP contribution in [0, 0.1) is 0 Å². The fourth-order valence-electron chi connectivity index (χ4n) is 4.00. The van der Waals surface area contributed by atoms with Gasteiger partial charge in [-0.1, -0.05) is 29.8 Å². The molecule has 0 aliphatic carbocycles. The van der Waals surface area contributed by atoms with Crippen LogP contribution in [0.5, 0.6) is 0 Å². The van der Waals surface area contributed by atoms with E-state index in [0.717, 1.165) is 33.1 Å². The predicted octanol–water partition coefficient (Wildman–Crippen LogP) is 4.39. The Morgan fingerprint density at radius 3 is 2.55 bits per heavy atom. The standard InChI is InChI=1S/C24H20ClN3O4S/c25-17-5-7-18(8-6-17)28-23(30)21(33-24(28)31)13-16-14-27(20-4-2-1-3-19(16)20)15-22(29)26-9-11-32-12-10-26/h1-8,13-14H,9-12,15H2/b21-13-. The quantitative estimate of drug-likeness (QED) is 0.517. The Hall–Kier alpha value is -3.07. The summed E-state index contributed by atoms with van der Waals surface area (Å²) in [5.41, 5.74) is 2.15. The maximum atomic E-state index is 13.0. The first-order chi connectivity index (χ1) is 16.0. The summed E-state index contributed by atoms with van der Waals surface area (Å²) in [6.07, 6.45) is 3.58. The molecule has 2 aromatic carbocycles. The molecule has 0 atom stereocenters. The average Bonchev–Trinajstić information content (AvgIpc) is 3.31. The number of aromatic nitrogens is 1. The van der Waals surface area contributed by atoms with Crippen molar-refractivity contribution < 1.29 is 19.1 Å². The van der Waals surface area contributed by atoms with E-state index in [0.29, 0.717) is 41.9 Å². The molecule has 1 aromatic heterocycles. The molecule has 0 spiro atoms. The van der Waals surface area contributed by atoms with Gasteiger partial charge in [-0.05, 0) is 48.2 Å². The van der Waals surface area contributed by atoms with Crippen LogP contribution < -0.4 is 4.90 Å². The number of amides is 3. The maximum absolute atomic E-state index is 13.0. The van der Waals surface area contributed by atoms with E-state index in [9.17, 15) is 14.4 Å². The number of hydrogen-bond acceptors (Lipinski definition) is 5. The van der Waals surface area contributed by atoms with E-state index in [4.69, 9.17) is 16.3 Å². The molecular formula is C24H20ClN3O4S. The Bertz CT molecular complexity index is 1280. The minimum Gasteiger partial charge on any atom is -0.378 e. The van der Waals surface area contributed by atoms with Crippen molar-refractivity contribution in [1.29, 1.82) is 0 Å². The Morgan fingerprint density at radius 2 is 1.79 bits per heavy atom. The molecule has 9 heteroatoms. The van der Waals surface area contributed by atoms with Crippen molar-refractivity contribution in [3.8, 4) is 0 Å². The Labute approximate surface area is 199 Å². The number of benzene rings is 2. The van der Waals surface area contributed by atoms with Gasteiger partial charge in [-0.25, -0.2) is 4.90 Å². The van der Waals surface area contributed by atoms with Crippen molar-refractivity contribution in [2.75, 3.05) is 31.2 Å². The number of rotatable bonds is 4. The van der Waals surface area contributed by atoms with Crippen LogP contribution in [0.25, 0.3) is 17.0 Å². The van der Waals surface area contributed by atoms with Crippen LogP contribution in [0.1, 0.15) is 5.56 Å². The number of anilines is 1. The lowest BCUT2D eigenvalue weighted by atomic mass is 10.1. The molecule has 0 radical (unpaired) electrons. The van der Waals surface area contributed by atoms with Crippen LogP contribution in [0.3, 0.4) is 0 Å². The van der Waals surface area contributed by atoms with Gasteiger partial charge in [0.2, 0.25) is 5.91 Å². The highest BCUT2D eigenvalue weighted by molar-refractivity contribution is 8.19. The number of hydrogen-bond donors (Lipinski definition) is 0. The second kappa shape index (κ2) is 9.05. The molecule has 3 heterocycles. The minimum absolute atomic E-state index is 0.0219. The zero-order valence-corrected chi connectivity index (χ0v) is 19.1. The van der Waals surface area contributed by atoms with Crippen molar-refractivity contribution in [1.82, 2.24) is 9.47 Å². The maximum Gasteiger partial charge on any atom is 0.298 e. The van der Waals surface area contributed by atoms with Gasteiger partial charge in [0.25, 0.3) is 11.1 Å². The molecular weight excluding hydrogens is 462 g/mol. The van der Waals surface area contributed by atoms with E-state index < -0.39 is 0 Å². The number of nitrogens with zero attached hydrogens (tertiary/aromatic N) is 3. The molecule has 0 N–H and O–H groups in total. The lowest BCUT2D eigenvalue weighted by molar-refractivity contribution is -0.135. The van der Waals surface area contributed by atoms with Crippen LogP contribution in [-0.2, 0) is 20.9 Å². The number of halogens is 1. The molecule has 5 rings (SSSR count). The van der Waals surface area contributed by atoms with Crippen molar-refractivity contribution in [2.45, 2.75) is 6.54 Å². The Balaban J connectivity index is 1.45. The van der Waals surface area contributed by atoms with Crippen molar-refractivity contribution >= 4 is 63.1 Å². The van der Waals surface area contributed by atoms with Gasteiger partial charge < -0.3 is 14.2 Å². The summed E-state index contributed by atoms with van der Waals surface area (Å²) in [6, 6.07) is 14.3. The van der Waals surface area contributed by atoms with Gasteiger partial charge >= 0.3 is 0 Å². The van der Waals surface area contributed by atoms with Crippen LogP contribution in [0.15, 0.2) is 59.6 Å². The van der Waals surface area contributed by atoms with Gasteiger partial charge in [-0.15, -0.1) is 0 Å². The topological polar surface area (TPSA) is 71.9 Å². The molecule has 0 unspecified atom stereocenters. The van der Waals surface area contributed by atoms with E-state index >= 15 is 0 Å². The molecule has 2 aliphatic rings. The van der Waals surface area contributed by atoms with Crippen LogP contribution in [-0.4, -0.2) is 52.8 Å². The summed E-state index contributed by atoms with van der Waals surface area (Å²) >= 11 is 6.83. The number of ether oxygens (including phenoxy) is 1. The van der Waals surface area contributed by atoms with Crippen molar-refractivity contribution in [3.63, 3.8) is 0 Å². The second-order valence-corrected chi connectivity index (χ2v) is 9.15. The van der Waals surface area contributed by atoms with E-state index in [1.165, 1.54) is 0 Å². The molecule has 3 aromatic rings. The van der Waals surface area contributed by atoms with Crippen LogP contribution in [0.2, 0.25) is 5.02 Å². The molecule has 3 amide bonds. The minimum atomic E-state index is -0.381. The number of carbonyl (C=O) groups is 3. The fraction of sp³-hybridized carbons (Fsp3) is 0.208. The number of morpholine rings is 1. The smallest absolute Gasteiger partial charge is 0.298 e. The summed E-state index contributed by atoms with van der Waals surface area (Å²) in [7, 11) is 0. The monoisotopic (exact) mass is 481 g/mol. The highest BCUT2D eigenvalue weighted by atomic mass is 35.5. The van der Waals surface area contributed by atoms with Crippen molar-refractivity contribution in [3.05, 3.63) is 70.2 Å². The van der Waals surface area contributed by atoms with Gasteiger partial charge in [0.15, 0.2) is 0 Å². The van der Waals surface area contributed by atoms with Gasteiger partial charge in [0.1, 0.15) is 6.54 Å². The Kier molecular flexibility index (Phi) is 5.97. The lowest BCUT2D eigenvalue weighted by Crippen LogP contribution is -2.42. The molecule has 0 saturated carbocycles. The van der Waals surface area contributed by atoms with E-state index in [1.54, 1.807) is 35.2 Å². The van der Waals surface area contributed by atoms with Gasteiger partial charge in [0.05, 0.1) is 23.8 Å². The molecule has 168 valence electrons. The molecule has 7 nitrogen and oxygen atoms in total. The second-order valence-electron chi connectivity index (χ2n) is 7.72. The highest BCUT2D eigenvalue weighted by Crippen LogP contribution is 2.37. The molecule has 0 bridgehead atoms. The number of carbonyl (C=O) groups excluding carboxylic acids is 3. The third kappa shape index (κ3) is 4.29. The van der Waals surface area contributed by atoms with Crippen molar-refractivity contribution in [2.24, 2.45) is 0 Å². The summed E-state index contributed by atoms with van der Waals surface area (Å²) in [5, 5.41) is 1.08. The van der Waals surface area contributed by atoms with Crippen LogP contribution >= 0.6 is 23.4 Å². The summed E-state index contributed by atoms with van der Waals surface area (Å²) in [6.45, 7) is 2.46. The van der Waals surface area contributed by atoms with Crippen LogP contribution in [0.4, 0.5) is 10.5 Å². The summed E-state index contributed by atoms with van der Waals surface area (Å²) in [4.78, 5) is 41.7. The number of para-hydroxylation sites is 1. The van der Waals surface area contributed by atoms with E-state index in [2.05, 4.69) is 0 Å². The molecule has 2 fully saturated rings. The zero-order chi connectivity index (χ0) is 22.9. The number of thioether (sulfide) groups is 1. The predicted molar refractivity (Wildman–Crippen MR) is 129 cm³/mol.